The first-order valence-corrected chi connectivity index (χ1v) is 6.23. The van der Waals surface area contributed by atoms with E-state index in [9.17, 15) is 13.9 Å². The predicted octanol–water partition coefficient (Wildman–Crippen LogP) is -0.246. The van der Waals surface area contributed by atoms with Gasteiger partial charge in [-0.1, -0.05) is 0 Å². The van der Waals surface area contributed by atoms with Crippen LogP contribution >= 0.6 is 0 Å². The number of hydrogen-bond acceptors (Lipinski definition) is 6. The fourth-order valence-corrected chi connectivity index (χ4v) is 2.07. The Morgan fingerprint density at radius 1 is 1.76 bits per heavy atom. The topological polar surface area (TPSA) is 109 Å². The highest BCUT2D eigenvalue weighted by molar-refractivity contribution is 7.80. The van der Waals surface area contributed by atoms with Gasteiger partial charge in [-0.25, -0.2) is 0 Å². The van der Waals surface area contributed by atoms with Crippen LogP contribution in [0.15, 0.2) is 22.8 Å². The minimum atomic E-state index is -2.59. The molecule has 1 heterocycles. The van der Waals surface area contributed by atoms with Crippen LogP contribution in [0.2, 0.25) is 0 Å². The van der Waals surface area contributed by atoms with Crippen molar-refractivity contribution in [1.29, 1.82) is 0 Å². The van der Waals surface area contributed by atoms with Crippen LogP contribution in [0.4, 0.5) is 0 Å². The average Bonchev–Trinajstić information content (AvgIpc) is 2.75. The quantitative estimate of drug-likeness (QED) is 0.518. The molecule has 1 rings (SSSR count). The van der Waals surface area contributed by atoms with Crippen LogP contribution in [-0.2, 0) is 22.2 Å². The van der Waals surface area contributed by atoms with Gasteiger partial charge in [0.2, 0.25) is 0 Å². The minimum absolute atomic E-state index is 0.0340. The molecule has 0 amide bonds. The standard InChI is InChI=1S/C10H17NO5S/c1-2-15-7-10(9(11)12,17(13)14)6-8-4-3-5-16-8/h3-5,9,12H,2,6-7,11H2,1H3,(H,13,14)/p-1/t9-,10+/m0/s1. The first kappa shape index (κ1) is 14.3. The number of aliphatic hydroxyl groups excluding tert-OH is 1. The summed E-state index contributed by atoms with van der Waals surface area (Å²) in [5.41, 5.74) is 5.37. The van der Waals surface area contributed by atoms with Crippen LogP contribution in [0, 0.1) is 0 Å². The molecule has 0 aliphatic carbocycles. The van der Waals surface area contributed by atoms with E-state index in [0.717, 1.165) is 0 Å². The van der Waals surface area contributed by atoms with E-state index in [1.54, 1.807) is 19.1 Å². The van der Waals surface area contributed by atoms with Gasteiger partial charge in [-0.15, -0.1) is 0 Å². The summed E-state index contributed by atoms with van der Waals surface area (Å²) in [5.74, 6) is 0.429. The van der Waals surface area contributed by atoms with Crippen molar-refractivity contribution in [1.82, 2.24) is 0 Å². The first-order valence-electron chi connectivity index (χ1n) is 5.16. The maximum atomic E-state index is 11.3. The summed E-state index contributed by atoms with van der Waals surface area (Å²) in [5, 5.41) is 9.52. The average molecular weight is 262 g/mol. The van der Waals surface area contributed by atoms with E-state index < -0.39 is 22.1 Å². The molecule has 6 nitrogen and oxygen atoms in total. The van der Waals surface area contributed by atoms with Gasteiger partial charge in [-0.05, 0) is 30.1 Å². The zero-order valence-corrected chi connectivity index (χ0v) is 10.3. The van der Waals surface area contributed by atoms with Crippen molar-refractivity contribution in [2.24, 2.45) is 5.73 Å². The highest BCUT2D eigenvalue weighted by Gasteiger charge is 2.39. The highest BCUT2D eigenvalue weighted by atomic mass is 32.2. The summed E-state index contributed by atoms with van der Waals surface area (Å²) in [6.45, 7) is 1.88. The minimum Gasteiger partial charge on any atom is -0.772 e. The number of aliphatic hydroxyl groups is 1. The highest BCUT2D eigenvalue weighted by Crippen LogP contribution is 2.23. The Morgan fingerprint density at radius 3 is 2.88 bits per heavy atom. The zero-order valence-electron chi connectivity index (χ0n) is 9.50. The second-order valence-corrected chi connectivity index (χ2v) is 4.92. The summed E-state index contributed by atoms with van der Waals surface area (Å²) >= 11 is -2.59. The summed E-state index contributed by atoms with van der Waals surface area (Å²) < 4.78 is 31.2. The third kappa shape index (κ3) is 3.36. The molecule has 1 unspecified atom stereocenters. The molecule has 0 aliphatic heterocycles. The van der Waals surface area contributed by atoms with Gasteiger partial charge in [0, 0.05) is 13.0 Å². The Bertz CT molecular complexity index is 354. The largest absolute Gasteiger partial charge is 0.772 e. The Labute approximate surface area is 102 Å². The van der Waals surface area contributed by atoms with Crippen molar-refractivity contribution in [3.05, 3.63) is 24.2 Å². The molecule has 3 atom stereocenters. The summed E-state index contributed by atoms with van der Waals surface area (Å²) in [6.07, 6.45) is -0.150. The second kappa shape index (κ2) is 6.27. The van der Waals surface area contributed by atoms with Gasteiger partial charge in [0.05, 0.1) is 12.9 Å². The summed E-state index contributed by atoms with van der Waals surface area (Å²) in [6, 6.07) is 3.26. The summed E-state index contributed by atoms with van der Waals surface area (Å²) in [4.78, 5) is 0. The van der Waals surface area contributed by atoms with E-state index in [0.29, 0.717) is 12.4 Å². The van der Waals surface area contributed by atoms with E-state index >= 15 is 0 Å². The van der Waals surface area contributed by atoms with Crippen LogP contribution in [-0.4, -0.2) is 38.1 Å². The molecule has 0 fully saturated rings. The van der Waals surface area contributed by atoms with Gasteiger partial charge in [0.1, 0.15) is 16.7 Å². The molecule has 1 aromatic heterocycles. The van der Waals surface area contributed by atoms with E-state index in [2.05, 4.69) is 0 Å². The molecule has 7 heteroatoms. The molecule has 98 valence electrons. The third-order valence-corrected chi connectivity index (χ3v) is 3.64. The molecule has 0 bridgehead atoms. The van der Waals surface area contributed by atoms with Crippen LogP contribution in [0.3, 0.4) is 0 Å². The molecule has 1 aromatic rings. The van der Waals surface area contributed by atoms with E-state index in [-0.39, 0.29) is 13.0 Å². The van der Waals surface area contributed by atoms with Crippen LogP contribution in [0.1, 0.15) is 12.7 Å². The normalized spacial score (nSPS) is 18.6. The molecule has 0 aliphatic rings. The number of ether oxygens (including phenoxy) is 1. The van der Waals surface area contributed by atoms with E-state index in [1.165, 1.54) is 6.26 Å². The Morgan fingerprint density at radius 2 is 2.47 bits per heavy atom. The molecule has 0 radical (unpaired) electrons. The van der Waals surface area contributed by atoms with E-state index in [4.69, 9.17) is 14.9 Å². The SMILES string of the molecule is CCOC[C@](Cc1ccco1)([C@@H](N)O)S(=O)[O-]. The molecule has 3 N–H and O–H groups in total. The Hall–Kier alpha value is -0.730. The van der Waals surface area contributed by atoms with Crippen LogP contribution in [0.5, 0.6) is 0 Å². The van der Waals surface area contributed by atoms with Crippen molar-refractivity contribution in [2.75, 3.05) is 13.2 Å². The first-order chi connectivity index (χ1) is 8.03. The molecular weight excluding hydrogens is 246 g/mol. The molecule has 17 heavy (non-hydrogen) atoms. The monoisotopic (exact) mass is 262 g/mol. The molecular formula is C10H16NO5S-. The van der Waals surface area contributed by atoms with Gasteiger partial charge >= 0.3 is 0 Å². The lowest BCUT2D eigenvalue weighted by molar-refractivity contribution is 0.0470. The maximum Gasteiger partial charge on any atom is 0.121 e. The number of nitrogens with two attached hydrogens (primary N) is 1. The molecule has 0 saturated carbocycles. The van der Waals surface area contributed by atoms with Crippen molar-refractivity contribution >= 4 is 11.1 Å². The van der Waals surface area contributed by atoms with Crippen molar-refractivity contribution in [2.45, 2.75) is 24.3 Å². The van der Waals surface area contributed by atoms with Gasteiger partial charge in [-0.3, -0.25) is 4.21 Å². The predicted molar refractivity (Wildman–Crippen MR) is 60.8 cm³/mol. The van der Waals surface area contributed by atoms with Gasteiger partial charge in [0.15, 0.2) is 0 Å². The third-order valence-electron chi connectivity index (χ3n) is 2.48. The number of hydrogen-bond donors (Lipinski definition) is 2. The number of furan rings is 1. The van der Waals surface area contributed by atoms with Crippen LogP contribution < -0.4 is 5.73 Å². The Kier molecular flexibility index (Phi) is 5.29. The lowest BCUT2D eigenvalue weighted by Crippen LogP contribution is -2.56. The van der Waals surface area contributed by atoms with Gasteiger partial charge < -0.3 is 24.5 Å². The smallest absolute Gasteiger partial charge is 0.121 e. The van der Waals surface area contributed by atoms with Gasteiger partial charge in [-0.2, -0.15) is 0 Å². The summed E-state index contributed by atoms with van der Waals surface area (Å²) in [7, 11) is 0. The van der Waals surface area contributed by atoms with Gasteiger partial charge in [0.25, 0.3) is 0 Å². The lowest BCUT2D eigenvalue weighted by atomic mass is 10.0. The zero-order chi connectivity index (χ0) is 12.9. The van der Waals surface area contributed by atoms with Crippen LogP contribution in [0.25, 0.3) is 0 Å². The second-order valence-electron chi connectivity index (χ2n) is 3.64. The van der Waals surface area contributed by atoms with Crippen molar-refractivity contribution < 1.29 is 23.0 Å². The fourth-order valence-electron chi connectivity index (χ4n) is 1.43. The molecule has 0 saturated heterocycles. The number of rotatable bonds is 7. The van der Waals surface area contributed by atoms with E-state index in [1.807, 2.05) is 0 Å². The Balaban J connectivity index is 2.93. The molecule has 0 spiro atoms. The maximum absolute atomic E-state index is 11.3. The fraction of sp³-hybridized carbons (Fsp3) is 0.600. The lowest BCUT2D eigenvalue weighted by Gasteiger charge is -2.37. The van der Waals surface area contributed by atoms with Crippen molar-refractivity contribution in [3.8, 4) is 0 Å². The van der Waals surface area contributed by atoms with Crippen molar-refractivity contribution in [3.63, 3.8) is 0 Å². The molecule has 0 aromatic carbocycles.